The van der Waals surface area contributed by atoms with Gasteiger partial charge >= 0.3 is 0 Å². The number of aromatic nitrogens is 2. The smallest absolute Gasteiger partial charge is 0.224 e. The van der Waals surface area contributed by atoms with Crippen LogP contribution in [0.4, 0.5) is 5.95 Å². The first-order chi connectivity index (χ1) is 8.80. The van der Waals surface area contributed by atoms with E-state index in [0.717, 1.165) is 0 Å². The number of amides is 1. The quantitative estimate of drug-likeness (QED) is 0.854. The molecule has 0 radical (unpaired) electrons. The van der Waals surface area contributed by atoms with Gasteiger partial charge in [-0.25, -0.2) is 9.97 Å². The van der Waals surface area contributed by atoms with Gasteiger partial charge in [0.05, 0.1) is 0 Å². The molecular formula is C13H19N5O. The van der Waals surface area contributed by atoms with Crippen LogP contribution >= 0.6 is 0 Å². The summed E-state index contributed by atoms with van der Waals surface area (Å²) in [7, 11) is 0. The molecular weight excluding hydrogens is 242 g/mol. The summed E-state index contributed by atoms with van der Waals surface area (Å²) in [4.78, 5) is 19.8. The zero-order chi connectivity index (χ0) is 14.5. The first kappa shape index (κ1) is 14.9. The predicted molar refractivity (Wildman–Crippen MR) is 72.5 cm³/mol. The van der Waals surface area contributed by atoms with E-state index in [1.165, 1.54) is 0 Å². The molecule has 0 fully saturated rings. The van der Waals surface area contributed by atoms with Crippen LogP contribution in [0.15, 0.2) is 6.07 Å². The number of nitrogens with one attached hydrogen (secondary N) is 2. The second-order valence-corrected chi connectivity index (χ2v) is 5.30. The van der Waals surface area contributed by atoms with E-state index in [1.54, 1.807) is 13.0 Å². The van der Waals surface area contributed by atoms with Gasteiger partial charge in [-0.15, -0.1) is 0 Å². The molecule has 1 amide bonds. The second kappa shape index (κ2) is 6.14. The Morgan fingerprint density at radius 3 is 2.68 bits per heavy atom. The van der Waals surface area contributed by atoms with E-state index in [0.29, 0.717) is 30.3 Å². The van der Waals surface area contributed by atoms with E-state index < -0.39 is 0 Å². The van der Waals surface area contributed by atoms with Crippen molar-refractivity contribution in [3.63, 3.8) is 0 Å². The van der Waals surface area contributed by atoms with Crippen molar-refractivity contribution in [3.05, 3.63) is 17.5 Å². The minimum Gasteiger partial charge on any atom is -0.354 e. The molecule has 6 nitrogen and oxygen atoms in total. The van der Waals surface area contributed by atoms with Crippen LogP contribution in [0.1, 0.15) is 38.6 Å². The fourth-order valence-corrected chi connectivity index (χ4v) is 1.47. The van der Waals surface area contributed by atoms with E-state index >= 15 is 0 Å². The summed E-state index contributed by atoms with van der Waals surface area (Å²) >= 11 is 0. The highest BCUT2D eigenvalue weighted by Gasteiger charge is 2.13. The highest BCUT2D eigenvalue weighted by molar-refractivity contribution is 5.77. The van der Waals surface area contributed by atoms with Gasteiger partial charge in [0.15, 0.2) is 0 Å². The lowest BCUT2D eigenvalue weighted by Crippen LogP contribution is -2.41. The Morgan fingerprint density at radius 1 is 1.42 bits per heavy atom. The first-order valence-electron chi connectivity index (χ1n) is 6.11. The van der Waals surface area contributed by atoms with Gasteiger partial charge in [0.25, 0.3) is 0 Å². The number of nitriles is 1. The fraction of sp³-hybridized carbons (Fsp3) is 0.538. The largest absolute Gasteiger partial charge is 0.354 e. The number of rotatable bonds is 4. The molecule has 0 aromatic carbocycles. The molecule has 19 heavy (non-hydrogen) atoms. The van der Waals surface area contributed by atoms with Crippen molar-refractivity contribution in [2.75, 3.05) is 11.9 Å². The summed E-state index contributed by atoms with van der Waals surface area (Å²) in [6, 6.07) is 3.58. The van der Waals surface area contributed by atoms with Crippen molar-refractivity contribution in [2.24, 2.45) is 0 Å². The Balaban J connectivity index is 2.48. The molecule has 0 saturated heterocycles. The molecule has 0 aliphatic heterocycles. The summed E-state index contributed by atoms with van der Waals surface area (Å²) in [6.07, 6.45) is 0.330. The third-order valence-electron chi connectivity index (χ3n) is 2.12. The molecule has 0 spiro atoms. The number of hydrogen-bond acceptors (Lipinski definition) is 5. The summed E-state index contributed by atoms with van der Waals surface area (Å²) in [5.74, 6) is 0.341. The van der Waals surface area contributed by atoms with Gasteiger partial charge in [-0.05, 0) is 33.8 Å². The van der Waals surface area contributed by atoms with Crippen LogP contribution in [0.3, 0.4) is 0 Å². The average Bonchev–Trinajstić information content (AvgIpc) is 2.25. The Kier molecular flexibility index (Phi) is 4.81. The lowest BCUT2D eigenvalue weighted by Gasteiger charge is -2.20. The molecule has 0 saturated carbocycles. The monoisotopic (exact) mass is 261 g/mol. The molecule has 1 aromatic rings. The van der Waals surface area contributed by atoms with Crippen LogP contribution in [0, 0.1) is 18.3 Å². The number of carbonyl (C=O) groups excluding carboxylic acids is 1. The molecule has 0 aliphatic rings. The Labute approximate surface area is 113 Å². The molecule has 1 aromatic heterocycles. The summed E-state index contributed by atoms with van der Waals surface area (Å²) in [5.41, 5.74) is 0.799. The van der Waals surface area contributed by atoms with Crippen LogP contribution in [-0.2, 0) is 4.79 Å². The Morgan fingerprint density at radius 2 is 2.11 bits per heavy atom. The SMILES string of the molecule is Cc1cc(C#N)nc(NCCC(=O)NC(C)(C)C)n1. The molecule has 0 bridgehead atoms. The van der Waals surface area contributed by atoms with E-state index in [9.17, 15) is 4.79 Å². The van der Waals surface area contributed by atoms with E-state index in [1.807, 2.05) is 26.8 Å². The highest BCUT2D eigenvalue weighted by Crippen LogP contribution is 2.04. The standard InChI is InChI=1S/C13H19N5O/c1-9-7-10(8-14)17-12(16-9)15-6-5-11(19)18-13(2,3)4/h7H,5-6H2,1-4H3,(H,18,19)(H,15,16,17). The number of anilines is 1. The minimum atomic E-state index is -0.231. The molecule has 0 unspecified atom stereocenters. The van der Waals surface area contributed by atoms with E-state index in [4.69, 9.17) is 5.26 Å². The van der Waals surface area contributed by atoms with E-state index in [2.05, 4.69) is 20.6 Å². The normalized spacial score (nSPS) is 10.7. The Hall–Kier alpha value is -2.16. The van der Waals surface area contributed by atoms with Crippen molar-refractivity contribution >= 4 is 11.9 Å². The number of hydrogen-bond donors (Lipinski definition) is 2. The van der Waals surface area contributed by atoms with Crippen LogP contribution < -0.4 is 10.6 Å². The van der Waals surface area contributed by atoms with Crippen LogP contribution in [0.5, 0.6) is 0 Å². The van der Waals surface area contributed by atoms with Gasteiger partial charge in [-0.3, -0.25) is 4.79 Å². The van der Waals surface area contributed by atoms with Gasteiger partial charge in [-0.1, -0.05) is 0 Å². The van der Waals surface area contributed by atoms with Gasteiger partial charge in [0, 0.05) is 24.2 Å². The summed E-state index contributed by atoms with van der Waals surface area (Å²) < 4.78 is 0. The fourth-order valence-electron chi connectivity index (χ4n) is 1.47. The first-order valence-corrected chi connectivity index (χ1v) is 6.11. The van der Waals surface area contributed by atoms with Crippen molar-refractivity contribution in [1.29, 1.82) is 5.26 Å². The van der Waals surface area contributed by atoms with Crippen molar-refractivity contribution in [1.82, 2.24) is 15.3 Å². The molecule has 6 heteroatoms. The van der Waals surface area contributed by atoms with Crippen molar-refractivity contribution in [2.45, 2.75) is 39.7 Å². The van der Waals surface area contributed by atoms with Crippen LogP contribution in [0.25, 0.3) is 0 Å². The number of aryl methyl sites for hydroxylation is 1. The van der Waals surface area contributed by atoms with Crippen molar-refractivity contribution < 1.29 is 4.79 Å². The average molecular weight is 261 g/mol. The summed E-state index contributed by atoms with van der Waals surface area (Å²) in [6.45, 7) is 8.01. The molecule has 1 heterocycles. The lowest BCUT2D eigenvalue weighted by atomic mass is 10.1. The highest BCUT2D eigenvalue weighted by atomic mass is 16.1. The lowest BCUT2D eigenvalue weighted by molar-refractivity contribution is -0.122. The molecule has 1 rings (SSSR count). The minimum absolute atomic E-state index is 0.0341. The molecule has 2 N–H and O–H groups in total. The van der Waals surface area contributed by atoms with Gasteiger partial charge in [0.1, 0.15) is 11.8 Å². The number of nitrogens with zero attached hydrogens (tertiary/aromatic N) is 3. The maximum Gasteiger partial charge on any atom is 0.224 e. The van der Waals surface area contributed by atoms with Crippen LogP contribution in [-0.4, -0.2) is 28.0 Å². The van der Waals surface area contributed by atoms with Crippen molar-refractivity contribution in [3.8, 4) is 6.07 Å². The zero-order valence-electron chi connectivity index (χ0n) is 11.7. The topological polar surface area (TPSA) is 90.7 Å². The summed E-state index contributed by atoms with van der Waals surface area (Å²) in [5, 5.41) is 14.6. The Bertz CT molecular complexity index is 499. The maximum absolute atomic E-state index is 11.6. The van der Waals surface area contributed by atoms with Crippen LogP contribution in [0.2, 0.25) is 0 Å². The van der Waals surface area contributed by atoms with Gasteiger partial charge in [-0.2, -0.15) is 5.26 Å². The maximum atomic E-state index is 11.6. The zero-order valence-corrected chi connectivity index (χ0v) is 11.7. The molecule has 102 valence electrons. The van der Waals surface area contributed by atoms with E-state index in [-0.39, 0.29) is 11.4 Å². The van der Waals surface area contributed by atoms with Gasteiger partial charge in [0.2, 0.25) is 11.9 Å². The third-order valence-corrected chi connectivity index (χ3v) is 2.12. The second-order valence-electron chi connectivity index (χ2n) is 5.30. The predicted octanol–water partition coefficient (Wildman–Crippen LogP) is 1.37. The molecule has 0 atom stereocenters. The van der Waals surface area contributed by atoms with Gasteiger partial charge < -0.3 is 10.6 Å². The number of carbonyl (C=O) groups is 1. The molecule has 0 aliphatic carbocycles. The third kappa shape index (κ3) is 5.82.